The highest BCUT2D eigenvalue weighted by Gasteiger charge is 2.23. The third kappa shape index (κ3) is 9.33. The standard InChI is InChI=1S/C80H50N8/c81-50-52-33-35-53(36-34-52)66-49-80(88-77-47-60(73-31-15-27-69(85-73)56-21-9-3-10-22-56)39-43-64(77)65-44-40-61(48-78(65)88)74-32-16-28-70(86-74)57-23-11-4-12-24-57)82-51-79(66)87-75-45-58(71-29-13-25-67(83-71)54-17-5-1-6-18-54)37-41-62(75)63-42-38-59(46-76(63)87)72-30-14-26-68(84-72)55-19-7-2-8-20-55/h1-49,51H. The second-order valence-electron chi connectivity index (χ2n) is 21.9. The van der Waals surface area contributed by atoms with E-state index in [1.54, 1.807) is 0 Å². The van der Waals surface area contributed by atoms with Crippen LogP contribution >= 0.6 is 0 Å². The third-order valence-corrected chi connectivity index (χ3v) is 16.7. The molecule has 0 aliphatic rings. The molecule has 0 saturated carbocycles. The molecule has 0 saturated heterocycles. The molecule has 8 heteroatoms. The van der Waals surface area contributed by atoms with Crippen molar-refractivity contribution in [3.05, 3.63) is 309 Å². The fraction of sp³-hybridized carbons (Fsp3) is 0. The third-order valence-electron chi connectivity index (χ3n) is 16.7. The Bertz CT molecular complexity index is 5100. The van der Waals surface area contributed by atoms with Crippen LogP contribution in [-0.4, -0.2) is 34.1 Å². The second kappa shape index (κ2) is 21.8. The summed E-state index contributed by atoms with van der Waals surface area (Å²) < 4.78 is 4.64. The maximum atomic E-state index is 10.2. The predicted molar refractivity (Wildman–Crippen MR) is 358 cm³/mol. The molecule has 0 spiro atoms. The van der Waals surface area contributed by atoms with Gasteiger partial charge in [0.2, 0.25) is 0 Å². The molecule has 7 heterocycles. The summed E-state index contributed by atoms with van der Waals surface area (Å²) in [7, 11) is 0. The van der Waals surface area contributed by atoms with Crippen LogP contribution < -0.4 is 0 Å². The summed E-state index contributed by atoms with van der Waals surface area (Å²) in [5, 5.41) is 14.5. The SMILES string of the molecule is N#Cc1ccc(-c2cc(-n3c4cc(-c5cccc(-c6ccccc6)n5)ccc4c4ccc(-c5cccc(-c6ccccc6)n5)cc43)ncc2-n2c3cc(-c4cccc(-c5ccccc5)n4)ccc3c3ccc(-c4cccc(-c5ccccc5)n4)cc32)cc1. The molecule has 7 aromatic heterocycles. The number of hydrogen-bond acceptors (Lipinski definition) is 6. The molecule has 0 aliphatic heterocycles. The van der Waals surface area contributed by atoms with Crippen molar-refractivity contribution < 1.29 is 0 Å². The van der Waals surface area contributed by atoms with Crippen LogP contribution in [0.1, 0.15) is 5.56 Å². The fourth-order valence-corrected chi connectivity index (χ4v) is 12.3. The largest absolute Gasteiger partial charge is 0.307 e. The average molecular weight is 1120 g/mol. The van der Waals surface area contributed by atoms with E-state index in [0.717, 1.165) is 150 Å². The van der Waals surface area contributed by atoms with Crippen molar-refractivity contribution >= 4 is 43.6 Å². The Kier molecular flexibility index (Phi) is 12.7. The minimum absolute atomic E-state index is 0.568. The van der Waals surface area contributed by atoms with Crippen LogP contribution in [0, 0.1) is 11.3 Å². The van der Waals surface area contributed by atoms with Crippen molar-refractivity contribution in [2.24, 2.45) is 0 Å². The fourth-order valence-electron chi connectivity index (χ4n) is 12.3. The topological polar surface area (TPSA) is 98.1 Å². The summed E-state index contributed by atoms with van der Waals surface area (Å²) in [5.74, 6) is 0.709. The van der Waals surface area contributed by atoms with Crippen LogP contribution in [0.5, 0.6) is 0 Å². The Morgan fingerprint density at radius 3 is 0.875 bits per heavy atom. The van der Waals surface area contributed by atoms with Gasteiger partial charge in [-0.3, -0.25) is 4.57 Å². The van der Waals surface area contributed by atoms with Crippen molar-refractivity contribution in [1.82, 2.24) is 34.1 Å². The van der Waals surface area contributed by atoms with E-state index < -0.39 is 0 Å². The van der Waals surface area contributed by atoms with E-state index in [1.165, 1.54) is 0 Å². The maximum Gasteiger partial charge on any atom is 0.138 e. The quantitative estimate of drug-likeness (QED) is 0.128. The van der Waals surface area contributed by atoms with E-state index in [-0.39, 0.29) is 0 Å². The predicted octanol–water partition coefficient (Wildman–Crippen LogP) is 19.7. The van der Waals surface area contributed by atoms with E-state index in [2.05, 4.69) is 215 Å². The number of hydrogen-bond donors (Lipinski definition) is 0. The first-order valence-corrected chi connectivity index (χ1v) is 29.3. The summed E-state index contributed by atoms with van der Waals surface area (Å²) >= 11 is 0. The van der Waals surface area contributed by atoms with E-state index in [1.807, 2.05) is 103 Å². The smallest absolute Gasteiger partial charge is 0.138 e. The molecular weight excluding hydrogens is 1070 g/mol. The van der Waals surface area contributed by atoms with Gasteiger partial charge in [0.05, 0.1) is 91.1 Å². The number of nitriles is 1. The highest BCUT2D eigenvalue weighted by atomic mass is 15.1. The Labute approximate surface area is 507 Å². The molecule has 0 N–H and O–H groups in total. The second-order valence-corrected chi connectivity index (χ2v) is 21.9. The lowest BCUT2D eigenvalue weighted by atomic mass is 10.0. The van der Waals surface area contributed by atoms with Crippen molar-refractivity contribution in [2.45, 2.75) is 0 Å². The Hall–Kier alpha value is -12.2. The van der Waals surface area contributed by atoms with E-state index in [0.29, 0.717) is 11.4 Å². The van der Waals surface area contributed by atoms with E-state index in [4.69, 9.17) is 24.9 Å². The first-order valence-electron chi connectivity index (χ1n) is 29.3. The molecule has 88 heavy (non-hydrogen) atoms. The van der Waals surface area contributed by atoms with Crippen LogP contribution in [0.15, 0.2) is 303 Å². The molecule has 8 nitrogen and oxygen atoms in total. The van der Waals surface area contributed by atoms with Crippen molar-refractivity contribution in [3.8, 4) is 119 Å². The van der Waals surface area contributed by atoms with Crippen LogP contribution in [0.3, 0.4) is 0 Å². The number of rotatable bonds is 11. The summed E-state index contributed by atoms with van der Waals surface area (Å²) in [5.41, 5.74) is 22.3. The van der Waals surface area contributed by atoms with Gasteiger partial charge in [0.1, 0.15) is 5.82 Å². The maximum absolute atomic E-state index is 10.2. The minimum atomic E-state index is 0.568. The molecule has 0 amide bonds. The Morgan fingerprint density at radius 1 is 0.261 bits per heavy atom. The first-order chi connectivity index (χ1) is 43.5. The van der Waals surface area contributed by atoms with Gasteiger partial charge in [0.25, 0.3) is 0 Å². The molecule has 0 fully saturated rings. The zero-order chi connectivity index (χ0) is 58.5. The molecule has 410 valence electrons. The highest BCUT2D eigenvalue weighted by molar-refractivity contribution is 6.13. The first kappa shape index (κ1) is 51.5. The summed E-state index contributed by atoms with van der Waals surface area (Å²) in [6.45, 7) is 0. The molecule has 0 atom stereocenters. The van der Waals surface area contributed by atoms with Gasteiger partial charge < -0.3 is 4.57 Å². The van der Waals surface area contributed by atoms with E-state index in [9.17, 15) is 5.26 Å². The number of aromatic nitrogens is 7. The van der Waals surface area contributed by atoms with Crippen LogP contribution in [-0.2, 0) is 0 Å². The van der Waals surface area contributed by atoms with Gasteiger partial charge >= 0.3 is 0 Å². The van der Waals surface area contributed by atoms with Gasteiger partial charge in [-0.2, -0.15) is 5.26 Å². The number of pyridine rings is 5. The lowest BCUT2D eigenvalue weighted by Crippen LogP contribution is -2.04. The normalized spacial score (nSPS) is 11.4. The van der Waals surface area contributed by atoms with Gasteiger partial charge in [-0.25, -0.2) is 24.9 Å². The lowest BCUT2D eigenvalue weighted by Gasteiger charge is -2.17. The Morgan fingerprint density at radius 2 is 0.557 bits per heavy atom. The summed E-state index contributed by atoms with van der Waals surface area (Å²) in [6.07, 6.45) is 2.02. The van der Waals surface area contributed by atoms with Crippen LogP contribution in [0.4, 0.5) is 0 Å². The molecule has 0 radical (unpaired) electrons. The molecule has 0 aliphatic carbocycles. The number of fused-ring (bicyclic) bond motifs is 6. The summed E-state index contributed by atoms with van der Waals surface area (Å²) in [6, 6.07) is 105. The van der Waals surface area contributed by atoms with Crippen molar-refractivity contribution in [3.63, 3.8) is 0 Å². The summed E-state index contributed by atoms with van der Waals surface area (Å²) in [4.78, 5) is 26.6. The molecule has 16 rings (SSSR count). The van der Waals surface area contributed by atoms with Gasteiger partial charge in [-0.1, -0.05) is 206 Å². The molecule has 9 aromatic carbocycles. The molecule has 0 bridgehead atoms. The molecule has 0 unspecified atom stereocenters. The minimum Gasteiger partial charge on any atom is -0.307 e. The van der Waals surface area contributed by atoms with Crippen molar-refractivity contribution in [1.29, 1.82) is 5.26 Å². The highest BCUT2D eigenvalue weighted by Crippen LogP contribution is 2.43. The zero-order valence-corrected chi connectivity index (χ0v) is 47.4. The van der Waals surface area contributed by atoms with E-state index >= 15 is 0 Å². The van der Waals surface area contributed by atoms with Crippen molar-refractivity contribution in [2.75, 3.05) is 0 Å². The Balaban J connectivity index is 0.943. The lowest BCUT2D eigenvalue weighted by molar-refractivity contribution is 1.06. The van der Waals surface area contributed by atoms with Crippen LogP contribution in [0.25, 0.3) is 156 Å². The molecule has 16 aromatic rings. The van der Waals surface area contributed by atoms with Gasteiger partial charge in [-0.15, -0.1) is 0 Å². The van der Waals surface area contributed by atoms with Gasteiger partial charge in [-0.05, 0) is 96.6 Å². The number of nitrogens with zero attached hydrogens (tertiary/aromatic N) is 8. The van der Waals surface area contributed by atoms with Gasteiger partial charge in [0, 0.05) is 71.6 Å². The molecular formula is C80H50N8. The van der Waals surface area contributed by atoms with Crippen LogP contribution in [0.2, 0.25) is 0 Å². The zero-order valence-electron chi connectivity index (χ0n) is 47.4. The van der Waals surface area contributed by atoms with Gasteiger partial charge in [0.15, 0.2) is 0 Å². The number of benzene rings is 9. The monoisotopic (exact) mass is 1120 g/mol. The average Bonchev–Trinajstić information content (AvgIpc) is 1.65.